The number of nitrogens with zero attached hydrogens (tertiary/aromatic N) is 1. The van der Waals surface area contributed by atoms with Crippen molar-refractivity contribution in [3.63, 3.8) is 0 Å². The minimum absolute atomic E-state index is 0.369. The van der Waals surface area contributed by atoms with Crippen molar-refractivity contribution in [3.05, 3.63) is 47.5 Å². The summed E-state index contributed by atoms with van der Waals surface area (Å²) in [7, 11) is 0. The third kappa shape index (κ3) is 3.04. The highest BCUT2D eigenvalue weighted by molar-refractivity contribution is 6.54. The van der Waals surface area contributed by atoms with Gasteiger partial charge in [0, 0.05) is 5.02 Å². The van der Waals surface area contributed by atoms with E-state index in [2.05, 4.69) is 10.3 Å². The molecule has 3 rings (SSSR count). The van der Waals surface area contributed by atoms with Crippen molar-refractivity contribution in [2.75, 3.05) is 5.32 Å². The van der Waals surface area contributed by atoms with Crippen LogP contribution in [0, 0.1) is 0 Å². The molecule has 1 aromatic heterocycles. The molecule has 1 amide bonds. The lowest BCUT2D eigenvalue weighted by molar-refractivity contribution is -0.114. The lowest BCUT2D eigenvalue weighted by Crippen LogP contribution is -2.18. The Kier molecular flexibility index (Phi) is 4.25. The van der Waals surface area contributed by atoms with E-state index in [1.165, 1.54) is 0 Å². The van der Waals surface area contributed by atoms with E-state index >= 15 is 0 Å². The van der Waals surface area contributed by atoms with Crippen LogP contribution in [0.2, 0.25) is 5.02 Å². The summed E-state index contributed by atoms with van der Waals surface area (Å²) in [5.74, 6) is -0.149. The minimum atomic E-state index is -1.16. The van der Waals surface area contributed by atoms with Crippen LogP contribution in [0.15, 0.2) is 46.9 Å². The van der Waals surface area contributed by atoms with Crippen molar-refractivity contribution in [3.8, 4) is 11.5 Å². The van der Waals surface area contributed by atoms with Gasteiger partial charge in [-0.15, -0.1) is 0 Å². The predicted octanol–water partition coefficient (Wildman–Crippen LogP) is 4.89. The molecule has 112 valence electrons. The van der Waals surface area contributed by atoms with E-state index in [0.717, 1.165) is 0 Å². The second-order valence-corrected chi connectivity index (χ2v) is 6.00. The maximum atomic E-state index is 11.7. The Morgan fingerprint density at radius 3 is 2.73 bits per heavy atom. The molecule has 0 saturated heterocycles. The Labute approximate surface area is 141 Å². The SMILES string of the molecule is O=C(Nc1ccccc1-c1nc2cc(Cl)ccc2o1)C(Cl)Cl. The summed E-state index contributed by atoms with van der Waals surface area (Å²) in [6, 6.07) is 12.2. The van der Waals surface area contributed by atoms with Gasteiger partial charge in [0.25, 0.3) is 5.91 Å². The van der Waals surface area contributed by atoms with Gasteiger partial charge in [0.2, 0.25) is 5.89 Å². The number of carbonyl (C=O) groups is 1. The third-order valence-electron chi connectivity index (χ3n) is 2.96. The van der Waals surface area contributed by atoms with Crippen molar-refractivity contribution in [1.82, 2.24) is 4.98 Å². The third-order valence-corrected chi connectivity index (χ3v) is 3.59. The number of halogens is 3. The van der Waals surface area contributed by atoms with E-state index in [-0.39, 0.29) is 0 Å². The number of alkyl halides is 2. The summed E-state index contributed by atoms with van der Waals surface area (Å²) in [5.41, 5.74) is 2.37. The van der Waals surface area contributed by atoms with Crippen LogP contribution in [0.3, 0.4) is 0 Å². The number of amides is 1. The molecule has 3 aromatic rings. The number of nitrogens with one attached hydrogen (secondary N) is 1. The lowest BCUT2D eigenvalue weighted by atomic mass is 10.2. The van der Waals surface area contributed by atoms with Gasteiger partial charge < -0.3 is 9.73 Å². The van der Waals surface area contributed by atoms with Crippen LogP contribution in [0.4, 0.5) is 5.69 Å². The number of aromatic nitrogens is 1. The quantitative estimate of drug-likeness (QED) is 0.681. The van der Waals surface area contributed by atoms with E-state index < -0.39 is 10.7 Å². The fraction of sp³-hybridized carbons (Fsp3) is 0.0667. The number of para-hydroxylation sites is 1. The van der Waals surface area contributed by atoms with E-state index in [0.29, 0.717) is 33.3 Å². The van der Waals surface area contributed by atoms with Gasteiger partial charge in [0.1, 0.15) is 5.52 Å². The maximum absolute atomic E-state index is 11.7. The summed E-state index contributed by atoms with van der Waals surface area (Å²) in [4.78, 5) is 14.9. The molecule has 0 aliphatic carbocycles. The maximum Gasteiger partial charge on any atom is 0.257 e. The number of anilines is 1. The minimum Gasteiger partial charge on any atom is -0.436 e. The van der Waals surface area contributed by atoms with Gasteiger partial charge in [-0.25, -0.2) is 4.98 Å². The Morgan fingerprint density at radius 1 is 1.18 bits per heavy atom. The molecule has 2 aromatic carbocycles. The first-order valence-electron chi connectivity index (χ1n) is 6.29. The molecule has 1 heterocycles. The zero-order valence-electron chi connectivity index (χ0n) is 11.0. The second kappa shape index (κ2) is 6.16. The summed E-state index contributed by atoms with van der Waals surface area (Å²) in [6.07, 6.45) is 0. The number of benzene rings is 2. The summed E-state index contributed by atoms with van der Waals surface area (Å²) >= 11 is 17.1. The van der Waals surface area contributed by atoms with Crippen LogP contribution in [0.5, 0.6) is 0 Å². The predicted molar refractivity (Wildman–Crippen MR) is 88.6 cm³/mol. The Balaban J connectivity index is 2.04. The van der Waals surface area contributed by atoms with Crippen LogP contribution >= 0.6 is 34.8 Å². The molecular formula is C15H9Cl3N2O2. The van der Waals surface area contributed by atoms with Gasteiger partial charge in [-0.05, 0) is 30.3 Å². The number of fused-ring (bicyclic) bond motifs is 1. The first kappa shape index (κ1) is 15.2. The number of oxazole rings is 1. The van der Waals surface area contributed by atoms with Gasteiger partial charge >= 0.3 is 0 Å². The van der Waals surface area contributed by atoms with E-state index in [4.69, 9.17) is 39.2 Å². The molecule has 0 aliphatic heterocycles. The molecule has 0 bridgehead atoms. The van der Waals surface area contributed by atoms with Crippen LogP contribution in [0.1, 0.15) is 0 Å². The largest absolute Gasteiger partial charge is 0.436 e. The molecule has 22 heavy (non-hydrogen) atoms. The molecule has 4 nitrogen and oxygen atoms in total. The lowest BCUT2D eigenvalue weighted by Gasteiger charge is -2.08. The first-order chi connectivity index (χ1) is 10.5. The van der Waals surface area contributed by atoms with Crippen molar-refractivity contribution in [2.24, 2.45) is 0 Å². The molecule has 0 atom stereocenters. The molecule has 0 aliphatic rings. The normalized spacial score (nSPS) is 11.1. The van der Waals surface area contributed by atoms with E-state index in [1.807, 2.05) is 6.07 Å². The van der Waals surface area contributed by atoms with Gasteiger partial charge in [-0.2, -0.15) is 0 Å². The van der Waals surface area contributed by atoms with Crippen molar-refractivity contribution < 1.29 is 9.21 Å². The van der Waals surface area contributed by atoms with Crippen molar-refractivity contribution in [2.45, 2.75) is 4.84 Å². The monoisotopic (exact) mass is 354 g/mol. The average Bonchev–Trinajstić information content (AvgIpc) is 2.90. The zero-order chi connectivity index (χ0) is 15.7. The smallest absolute Gasteiger partial charge is 0.257 e. The fourth-order valence-corrected chi connectivity index (χ4v) is 2.26. The summed E-state index contributed by atoms with van der Waals surface area (Å²) in [6.45, 7) is 0. The van der Waals surface area contributed by atoms with Gasteiger partial charge in [-0.1, -0.05) is 46.9 Å². The van der Waals surface area contributed by atoms with Crippen LogP contribution in [-0.4, -0.2) is 15.7 Å². The molecule has 1 N–H and O–H groups in total. The summed E-state index contributed by atoms with van der Waals surface area (Å²) in [5, 5.41) is 3.21. The molecule has 0 saturated carbocycles. The standard InChI is InChI=1S/C15H9Cl3N2O2/c16-8-5-6-12-11(7-8)20-15(22-12)9-3-1-2-4-10(9)19-14(21)13(17)18/h1-7,13H,(H,19,21). The second-order valence-electron chi connectivity index (χ2n) is 4.47. The first-order valence-corrected chi connectivity index (χ1v) is 7.54. The topological polar surface area (TPSA) is 55.1 Å². The highest BCUT2D eigenvalue weighted by atomic mass is 35.5. The molecule has 0 fully saturated rings. The molecule has 0 spiro atoms. The number of rotatable bonds is 3. The van der Waals surface area contributed by atoms with E-state index in [9.17, 15) is 4.79 Å². The van der Waals surface area contributed by atoms with Crippen LogP contribution in [0.25, 0.3) is 22.6 Å². The Morgan fingerprint density at radius 2 is 1.95 bits per heavy atom. The highest BCUT2D eigenvalue weighted by Gasteiger charge is 2.17. The van der Waals surface area contributed by atoms with E-state index in [1.54, 1.807) is 36.4 Å². The van der Waals surface area contributed by atoms with Crippen LogP contribution < -0.4 is 5.32 Å². The van der Waals surface area contributed by atoms with Gasteiger partial charge in [-0.3, -0.25) is 4.79 Å². The summed E-state index contributed by atoms with van der Waals surface area (Å²) < 4.78 is 5.70. The van der Waals surface area contributed by atoms with Crippen LogP contribution in [-0.2, 0) is 4.79 Å². The Hall–Kier alpha value is -1.75. The fourth-order valence-electron chi connectivity index (χ4n) is 1.98. The van der Waals surface area contributed by atoms with Crippen molar-refractivity contribution >= 4 is 57.5 Å². The average molecular weight is 356 g/mol. The molecular weight excluding hydrogens is 347 g/mol. The van der Waals surface area contributed by atoms with Gasteiger partial charge in [0.15, 0.2) is 10.4 Å². The number of carbonyl (C=O) groups excluding carboxylic acids is 1. The Bertz CT molecular complexity index is 846. The molecule has 0 unspecified atom stereocenters. The van der Waals surface area contributed by atoms with Crippen molar-refractivity contribution in [1.29, 1.82) is 0 Å². The van der Waals surface area contributed by atoms with Gasteiger partial charge in [0.05, 0.1) is 11.3 Å². The molecule has 7 heteroatoms. The highest BCUT2D eigenvalue weighted by Crippen LogP contribution is 2.31. The number of hydrogen-bond donors (Lipinski definition) is 1. The zero-order valence-corrected chi connectivity index (χ0v) is 13.3. The molecule has 0 radical (unpaired) electrons. The number of hydrogen-bond acceptors (Lipinski definition) is 3.